The van der Waals surface area contributed by atoms with Gasteiger partial charge in [-0.2, -0.15) is 0 Å². The van der Waals surface area contributed by atoms with E-state index in [0.717, 1.165) is 0 Å². The topological polar surface area (TPSA) is 81.1 Å². The van der Waals surface area contributed by atoms with Gasteiger partial charge in [0.2, 0.25) is 0 Å². The van der Waals surface area contributed by atoms with Gasteiger partial charge in [0.1, 0.15) is 0 Å². The van der Waals surface area contributed by atoms with Gasteiger partial charge in [-0.3, -0.25) is 4.79 Å². The minimum atomic E-state index is -2.94. The zero-order valence-electron chi connectivity index (χ0n) is 9.59. The van der Waals surface area contributed by atoms with Crippen molar-refractivity contribution < 1.29 is 8.42 Å². The van der Waals surface area contributed by atoms with Crippen molar-refractivity contribution in [3.8, 4) is 0 Å². The predicted octanol–water partition coefficient (Wildman–Crippen LogP) is -0.138. The molecule has 94 valence electrons. The zero-order chi connectivity index (χ0) is 12.5. The number of aromatic nitrogens is 2. The van der Waals surface area contributed by atoms with E-state index < -0.39 is 9.84 Å². The van der Waals surface area contributed by atoms with E-state index >= 15 is 0 Å². The molecule has 1 aromatic heterocycles. The van der Waals surface area contributed by atoms with Crippen LogP contribution < -0.4 is 10.9 Å². The molecule has 6 nitrogen and oxygen atoms in total. The molecule has 17 heavy (non-hydrogen) atoms. The van der Waals surface area contributed by atoms with Crippen LogP contribution >= 0.6 is 0 Å². The largest absolute Gasteiger partial charge is 0.362 e. The smallest absolute Gasteiger partial charge is 0.293 e. The maximum absolute atomic E-state index is 11.8. The molecule has 1 unspecified atom stereocenters. The van der Waals surface area contributed by atoms with E-state index in [1.807, 2.05) is 6.92 Å². The lowest BCUT2D eigenvalue weighted by Gasteiger charge is -2.11. The molecule has 1 N–H and O–H groups in total. The second-order valence-electron chi connectivity index (χ2n) is 4.11. The van der Waals surface area contributed by atoms with Crippen molar-refractivity contribution in [1.82, 2.24) is 9.55 Å². The van der Waals surface area contributed by atoms with Crippen LogP contribution in [0.4, 0.5) is 5.82 Å². The average molecular weight is 257 g/mol. The number of sulfone groups is 1. The highest BCUT2D eigenvalue weighted by Crippen LogP contribution is 2.14. The van der Waals surface area contributed by atoms with Gasteiger partial charge < -0.3 is 9.88 Å². The van der Waals surface area contributed by atoms with Gasteiger partial charge in [0.15, 0.2) is 15.7 Å². The fourth-order valence-corrected chi connectivity index (χ4v) is 3.57. The SMILES string of the molecule is CCn1ccnc(NC2CCS(=O)(=O)C2)c1=O. The molecule has 0 saturated carbocycles. The number of aryl methyl sites for hydroxylation is 1. The fraction of sp³-hybridized carbons (Fsp3) is 0.600. The summed E-state index contributed by atoms with van der Waals surface area (Å²) in [6.07, 6.45) is 3.68. The summed E-state index contributed by atoms with van der Waals surface area (Å²) in [5.41, 5.74) is -0.209. The summed E-state index contributed by atoms with van der Waals surface area (Å²) in [5, 5.41) is 2.92. The lowest BCUT2D eigenvalue weighted by Crippen LogP contribution is -2.29. The molecular formula is C10H15N3O3S. The van der Waals surface area contributed by atoms with E-state index in [0.29, 0.717) is 13.0 Å². The van der Waals surface area contributed by atoms with Crippen LogP contribution in [0.3, 0.4) is 0 Å². The van der Waals surface area contributed by atoms with Crippen LogP contribution in [0.25, 0.3) is 0 Å². The monoisotopic (exact) mass is 257 g/mol. The number of hydrogen-bond acceptors (Lipinski definition) is 5. The van der Waals surface area contributed by atoms with E-state index in [9.17, 15) is 13.2 Å². The molecular weight excluding hydrogens is 242 g/mol. The first-order valence-electron chi connectivity index (χ1n) is 5.54. The number of anilines is 1. The summed E-state index contributed by atoms with van der Waals surface area (Å²) < 4.78 is 24.1. The second-order valence-corrected chi connectivity index (χ2v) is 6.34. The molecule has 1 atom stereocenters. The summed E-state index contributed by atoms with van der Waals surface area (Å²) >= 11 is 0. The molecule has 0 bridgehead atoms. The van der Waals surface area contributed by atoms with Crippen molar-refractivity contribution in [2.45, 2.75) is 25.9 Å². The van der Waals surface area contributed by atoms with Crippen LogP contribution in [0.1, 0.15) is 13.3 Å². The maximum atomic E-state index is 11.8. The molecule has 1 fully saturated rings. The maximum Gasteiger partial charge on any atom is 0.293 e. The molecule has 1 aliphatic heterocycles. The quantitative estimate of drug-likeness (QED) is 0.815. The molecule has 7 heteroatoms. The Hall–Kier alpha value is -1.37. The Labute approximate surface area is 99.6 Å². The fourth-order valence-electron chi connectivity index (χ4n) is 1.90. The van der Waals surface area contributed by atoms with Crippen molar-refractivity contribution in [3.05, 3.63) is 22.7 Å². The number of nitrogens with one attached hydrogen (secondary N) is 1. The highest BCUT2D eigenvalue weighted by atomic mass is 32.2. The lowest BCUT2D eigenvalue weighted by molar-refractivity contribution is 0.602. The molecule has 0 amide bonds. The standard InChI is InChI=1S/C10H15N3O3S/c1-2-13-5-4-11-9(10(13)14)12-8-3-6-17(15,16)7-8/h4-5,8H,2-3,6-7H2,1H3,(H,11,12). The van der Waals surface area contributed by atoms with E-state index in [4.69, 9.17) is 0 Å². The first-order chi connectivity index (χ1) is 8.02. The predicted molar refractivity (Wildman–Crippen MR) is 64.9 cm³/mol. The average Bonchev–Trinajstić information content (AvgIpc) is 2.61. The van der Waals surface area contributed by atoms with Crippen molar-refractivity contribution in [2.75, 3.05) is 16.8 Å². The first-order valence-corrected chi connectivity index (χ1v) is 7.36. The van der Waals surface area contributed by atoms with Gasteiger partial charge in [-0.15, -0.1) is 0 Å². The van der Waals surface area contributed by atoms with Crippen LogP contribution in [-0.2, 0) is 16.4 Å². The minimum absolute atomic E-state index is 0.0785. The van der Waals surface area contributed by atoms with Gasteiger partial charge in [0, 0.05) is 25.0 Å². The van der Waals surface area contributed by atoms with E-state index in [1.165, 1.54) is 10.8 Å². The molecule has 0 radical (unpaired) electrons. The molecule has 0 spiro atoms. The third-order valence-corrected chi connectivity index (χ3v) is 4.60. The Morgan fingerprint density at radius 2 is 2.35 bits per heavy atom. The van der Waals surface area contributed by atoms with Crippen LogP contribution in [-0.4, -0.2) is 35.5 Å². The van der Waals surface area contributed by atoms with E-state index in [2.05, 4.69) is 10.3 Å². The number of nitrogens with zero attached hydrogens (tertiary/aromatic N) is 2. The molecule has 1 saturated heterocycles. The van der Waals surface area contributed by atoms with Crippen molar-refractivity contribution in [3.63, 3.8) is 0 Å². The van der Waals surface area contributed by atoms with Crippen LogP contribution in [0.2, 0.25) is 0 Å². The third kappa shape index (κ3) is 2.66. The zero-order valence-corrected chi connectivity index (χ0v) is 10.4. The van der Waals surface area contributed by atoms with Crippen molar-refractivity contribution >= 4 is 15.7 Å². The normalized spacial score (nSPS) is 22.5. The molecule has 0 aliphatic carbocycles. The summed E-state index contributed by atoms with van der Waals surface area (Å²) in [5.74, 6) is 0.491. The van der Waals surface area contributed by atoms with Gasteiger partial charge in [-0.25, -0.2) is 13.4 Å². The number of rotatable bonds is 3. The van der Waals surface area contributed by atoms with Gasteiger partial charge in [0.05, 0.1) is 11.5 Å². The summed E-state index contributed by atoms with van der Waals surface area (Å²) in [4.78, 5) is 15.8. The summed E-state index contributed by atoms with van der Waals surface area (Å²) in [6, 6.07) is -0.201. The second kappa shape index (κ2) is 4.48. The van der Waals surface area contributed by atoms with Gasteiger partial charge >= 0.3 is 0 Å². The lowest BCUT2D eigenvalue weighted by atomic mass is 10.3. The van der Waals surface area contributed by atoms with Gasteiger partial charge in [-0.1, -0.05) is 0 Å². The molecule has 0 aromatic carbocycles. The summed E-state index contributed by atoms with van der Waals surface area (Å²) in [6.45, 7) is 2.43. The Bertz CT molecular complexity index is 564. The molecule has 2 heterocycles. The number of hydrogen-bond donors (Lipinski definition) is 1. The third-order valence-electron chi connectivity index (χ3n) is 2.83. The molecule has 1 aliphatic rings. The molecule has 2 rings (SSSR count). The Morgan fingerprint density at radius 1 is 1.59 bits per heavy atom. The molecule has 1 aromatic rings. The Morgan fingerprint density at radius 3 is 2.94 bits per heavy atom. The van der Waals surface area contributed by atoms with Crippen LogP contribution in [0, 0.1) is 0 Å². The van der Waals surface area contributed by atoms with E-state index in [1.54, 1.807) is 6.20 Å². The highest BCUT2D eigenvalue weighted by Gasteiger charge is 2.28. The van der Waals surface area contributed by atoms with Gasteiger partial charge in [-0.05, 0) is 13.3 Å². The van der Waals surface area contributed by atoms with Gasteiger partial charge in [0.25, 0.3) is 5.56 Å². The van der Waals surface area contributed by atoms with E-state index in [-0.39, 0.29) is 28.9 Å². The minimum Gasteiger partial charge on any atom is -0.362 e. The summed E-state index contributed by atoms with van der Waals surface area (Å²) in [7, 11) is -2.94. The van der Waals surface area contributed by atoms with Crippen LogP contribution in [0.5, 0.6) is 0 Å². The van der Waals surface area contributed by atoms with Crippen LogP contribution in [0.15, 0.2) is 17.2 Å². The first kappa shape index (κ1) is 12.1. The van der Waals surface area contributed by atoms with Crippen molar-refractivity contribution in [2.24, 2.45) is 0 Å². The van der Waals surface area contributed by atoms with Crippen molar-refractivity contribution in [1.29, 1.82) is 0 Å². The Kier molecular flexibility index (Phi) is 3.19. The Balaban J connectivity index is 2.18. The highest BCUT2D eigenvalue weighted by molar-refractivity contribution is 7.91.